The third kappa shape index (κ3) is 2.60. The van der Waals surface area contributed by atoms with E-state index >= 15 is 0 Å². The third-order valence-corrected chi connectivity index (χ3v) is 4.56. The lowest BCUT2D eigenvalue weighted by molar-refractivity contribution is 0.567. The van der Waals surface area contributed by atoms with Crippen LogP contribution in [0.15, 0.2) is 28.0 Å². The smallest absolute Gasteiger partial charge is 0.153 e. The number of hydrogen-bond donors (Lipinski definition) is 0. The van der Waals surface area contributed by atoms with E-state index in [2.05, 4.69) is 4.99 Å². The Morgan fingerprint density at radius 2 is 2.33 bits per heavy atom. The van der Waals surface area contributed by atoms with Gasteiger partial charge >= 0.3 is 0 Å². The van der Waals surface area contributed by atoms with E-state index in [-0.39, 0.29) is 17.5 Å². The number of rotatable bonds is 2. The van der Waals surface area contributed by atoms with E-state index in [0.29, 0.717) is 0 Å². The van der Waals surface area contributed by atoms with Crippen LogP contribution in [0.4, 0.5) is 0 Å². The SMILES string of the molecule is O=S1(=O)C[C@@H](Cl)[C@@H](N=Cc2ccoc2)C1. The molecule has 2 heterocycles. The molecule has 2 rings (SSSR count). The van der Waals surface area contributed by atoms with Crippen LogP contribution in [-0.4, -0.2) is 37.6 Å². The van der Waals surface area contributed by atoms with E-state index in [9.17, 15) is 8.42 Å². The summed E-state index contributed by atoms with van der Waals surface area (Å²) >= 11 is 5.89. The largest absolute Gasteiger partial charge is 0.472 e. The second-order valence-corrected chi connectivity index (χ2v) is 6.21. The summed E-state index contributed by atoms with van der Waals surface area (Å²) < 4.78 is 27.3. The van der Waals surface area contributed by atoms with Gasteiger partial charge in [-0.3, -0.25) is 4.99 Å². The summed E-state index contributed by atoms with van der Waals surface area (Å²) in [6.45, 7) is 0. The minimum absolute atomic E-state index is 0.0158. The molecule has 0 saturated carbocycles. The van der Waals surface area contributed by atoms with Gasteiger partial charge in [-0.25, -0.2) is 8.42 Å². The summed E-state index contributed by atoms with van der Waals surface area (Å²) in [6, 6.07) is 1.41. The van der Waals surface area contributed by atoms with Gasteiger partial charge in [0, 0.05) is 11.8 Å². The Labute approximate surface area is 92.9 Å². The number of halogens is 1. The van der Waals surface area contributed by atoms with Crippen molar-refractivity contribution in [1.29, 1.82) is 0 Å². The fourth-order valence-electron chi connectivity index (χ4n) is 1.45. The van der Waals surface area contributed by atoms with Crippen LogP contribution in [0.3, 0.4) is 0 Å². The van der Waals surface area contributed by atoms with Gasteiger partial charge in [-0.1, -0.05) is 0 Å². The standard InChI is InChI=1S/C9H10ClNO3S/c10-8-5-15(12,13)6-9(8)11-3-7-1-2-14-4-7/h1-4,8-9H,5-6H2/t8-,9+/m1/s1. The Bertz CT molecular complexity index is 452. The molecule has 1 aliphatic heterocycles. The first kappa shape index (κ1) is 10.7. The van der Waals surface area contributed by atoms with Crippen molar-refractivity contribution in [3.63, 3.8) is 0 Å². The Morgan fingerprint density at radius 1 is 1.53 bits per heavy atom. The third-order valence-electron chi connectivity index (χ3n) is 2.21. The van der Waals surface area contributed by atoms with E-state index in [1.54, 1.807) is 12.3 Å². The molecular formula is C9H10ClNO3S. The van der Waals surface area contributed by atoms with E-state index < -0.39 is 15.2 Å². The van der Waals surface area contributed by atoms with Crippen molar-refractivity contribution in [2.75, 3.05) is 11.5 Å². The zero-order valence-electron chi connectivity index (χ0n) is 7.84. The quantitative estimate of drug-likeness (QED) is 0.581. The number of alkyl halides is 1. The van der Waals surface area contributed by atoms with Crippen LogP contribution in [-0.2, 0) is 9.84 Å². The first-order valence-corrected chi connectivity index (χ1v) is 6.72. The van der Waals surface area contributed by atoms with E-state index in [0.717, 1.165) is 5.56 Å². The molecule has 82 valence electrons. The molecule has 1 aromatic rings. The monoisotopic (exact) mass is 247 g/mol. The molecule has 0 spiro atoms. The highest BCUT2D eigenvalue weighted by molar-refractivity contribution is 7.91. The minimum atomic E-state index is -3.00. The zero-order valence-corrected chi connectivity index (χ0v) is 9.41. The molecule has 15 heavy (non-hydrogen) atoms. The highest BCUT2D eigenvalue weighted by Crippen LogP contribution is 2.20. The van der Waals surface area contributed by atoms with Gasteiger partial charge in [0.15, 0.2) is 9.84 Å². The van der Waals surface area contributed by atoms with Crippen LogP contribution in [0.2, 0.25) is 0 Å². The molecule has 0 aliphatic carbocycles. The number of aliphatic imine (C=N–C) groups is 1. The highest BCUT2D eigenvalue weighted by Gasteiger charge is 2.35. The molecule has 6 heteroatoms. The van der Waals surface area contributed by atoms with Crippen molar-refractivity contribution in [1.82, 2.24) is 0 Å². The van der Waals surface area contributed by atoms with Crippen LogP contribution < -0.4 is 0 Å². The normalized spacial score (nSPS) is 29.9. The van der Waals surface area contributed by atoms with Crippen molar-refractivity contribution in [2.45, 2.75) is 11.4 Å². The maximum atomic E-state index is 11.2. The number of sulfone groups is 1. The molecule has 0 bridgehead atoms. The van der Waals surface area contributed by atoms with Crippen LogP contribution in [0.25, 0.3) is 0 Å². The summed E-state index contributed by atoms with van der Waals surface area (Å²) in [5.74, 6) is 0.0530. The van der Waals surface area contributed by atoms with Crippen molar-refractivity contribution in [3.8, 4) is 0 Å². The fraction of sp³-hybridized carbons (Fsp3) is 0.444. The van der Waals surface area contributed by atoms with Crippen molar-refractivity contribution in [3.05, 3.63) is 24.2 Å². The number of furan rings is 1. The van der Waals surface area contributed by atoms with Gasteiger partial charge in [0.05, 0.1) is 35.5 Å². The lowest BCUT2D eigenvalue weighted by Gasteiger charge is -2.03. The van der Waals surface area contributed by atoms with Crippen LogP contribution in [0.1, 0.15) is 5.56 Å². The lowest BCUT2D eigenvalue weighted by atomic mass is 10.2. The first-order chi connectivity index (χ1) is 7.07. The summed E-state index contributed by atoms with van der Waals surface area (Å²) in [5.41, 5.74) is 0.808. The van der Waals surface area contributed by atoms with Gasteiger partial charge in [0.25, 0.3) is 0 Å². The molecular weight excluding hydrogens is 238 g/mol. The number of nitrogens with zero attached hydrogens (tertiary/aromatic N) is 1. The molecule has 1 saturated heterocycles. The molecule has 0 amide bonds. The molecule has 1 aliphatic rings. The van der Waals surface area contributed by atoms with E-state index in [1.807, 2.05) is 0 Å². The van der Waals surface area contributed by atoms with Crippen LogP contribution >= 0.6 is 11.6 Å². The van der Waals surface area contributed by atoms with E-state index in [4.69, 9.17) is 16.0 Å². The zero-order chi connectivity index (χ0) is 10.9. The Morgan fingerprint density at radius 3 is 2.87 bits per heavy atom. The lowest BCUT2D eigenvalue weighted by Crippen LogP contribution is -2.15. The molecule has 1 fully saturated rings. The van der Waals surface area contributed by atoms with Gasteiger partial charge in [-0.15, -0.1) is 11.6 Å². The molecule has 2 atom stereocenters. The second kappa shape index (κ2) is 3.98. The highest BCUT2D eigenvalue weighted by atomic mass is 35.5. The maximum absolute atomic E-state index is 11.2. The molecule has 0 unspecified atom stereocenters. The van der Waals surface area contributed by atoms with Crippen molar-refractivity contribution >= 4 is 27.7 Å². The average molecular weight is 248 g/mol. The van der Waals surface area contributed by atoms with Gasteiger partial charge in [-0.2, -0.15) is 0 Å². The second-order valence-electron chi connectivity index (χ2n) is 3.50. The summed E-state index contributed by atoms with van der Waals surface area (Å²) in [7, 11) is -3.00. The number of hydrogen-bond acceptors (Lipinski definition) is 4. The minimum Gasteiger partial charge on any atom is -0.472 e. The molecule has 1 aromatic heterocycles. The Kier molecular flexibility index (Phi) is 2.84. The van der Waals surface area contributed by atoms with Gasteiger partial charge in [0.2, 0.25) is 0 Å². The first-order valence-electron chi connectivity index (χ1n) is 4.47. The van der Waals surface area contributed by atoms with Crippen LogP contribution in [0, 0.1) is 0 Å². The van der Waals surface area contributed by atoms with Gasteiger partial charge < -0.3 is 4.42 Å². The van der Waals surface area contributed by atoms with Crippen molar-refractivity contribution < 1.29 is 12.8 Å². The van der Waals surface area contributed by atoms with Gasteiger partial charge in [-0.05, 0) is 6.07 Å². The average Bonchev–Trinajstić information content (AvgIpc) is 2.70. The van der Waals surface area contributed by atoms with Crippen molar-refractivity contribution in [2.24, 2.45) is 4.99 Å². The summed E-state index contributed by atoms with van der Waals surface area (Å²) in [5, 5.41) is -0.418. The fourth-order valence-corrected chi connectivity index (χ4v) is 3.97. The molecule has 0 N–H and O–H groups in total. The summed E-state index contributed by atoms with van der Waals surface area (Å²) in [6.07, 6.45) is 4.66. The molecule has 0 radical (unpaired) electrons. The Hall–Kier alpha value is -0.810. The Balaban J connectivity index is 2.08. The maximum Gasteiger partial charge on any atom is 0.153 e. The summed E-state index contributed by atoms with van der Waals surface area (Å²) in [4.78, 5) is 4.15. The molecule has 0 aromatic carbocycles. The van der Waals surface area contributed by atoms with Gasteiger partial charge in [0.1, 0.15) is 0 Å². The molecule has 4 nitrogen and oxygen atoms in total. The topological polar surface area (TPSA) is 59.6 Å². The van der Waals surface area contributed by atoms with Crippen LogP contribution in [0.5, 0.6) is 0 Å². The predicted molar refractivity (Wildman–Crippen MR) is 58.4 cm³/mol. The van der Waals surface area contributed by atoms with E-state index in [1.165, 1.54) is 12.5 Å². The predicted octanol–water partition coefficient (Wildman–Crippen LogP) is 1.10.